The topological polar surface area (TPSA) is 56.0 Å². The van der Waals surface area contributed by atoms with Gasteiger partial charge in [0.05, 0.1) is 18.6 Å². The van der Waals surface area contributed by atoms with Crippen molar-refractivity contribution < 1.29 is 5.11 Å². The lowest BCUT2D eigenvalue weighted by atomic mass is 9.95. The second-order valence-corrected chi connectivity index (χ2v) is 5.12. The van der Waals surface area contributed by atoms with Crippen LogP contribution in [0.15, 0.2) is 30.3 Å². The average Bonchev–Trinajstić information content (AvgIpc) is 2.90. The van der Waals surface area contributed by atoms with Gasteiger partial charge in [0.1, 0.15) is 0 Å². The van der Waals surface area contributed by atoms with Crippen LogP contribution in [0.25, 0.3) is 0 Å². The van der Waals surface area contributed by atoms with E-state index in [9.17, 15) is 10.4 Å². The molecule has 0 bridgehead atoms. The number of hydrogen-bond donors (Lipinski definition) is 2. The first-order valence-electron chi connectivity index (χ1n) is 6.60. The molecule has 1 aromatic carbocycles. The summed E-state index contributed by atoms with van der Waals surface area (Å²) < 4.78 is 0. The number of benzene rings is 1. The van der Waals surface area contributed by atoms with Crippen molar-refractivity contribution in [1.82, 2.24) is 5.32 Å². The fourth-order valence-electron chi connectivity index (χ4n) is 2.68. The fourth-order valence-corrected chi connectivity index (χ4v) is 2.68. The van der Waals surface area contributed by atoms with E-state index in [-0.39, 0.29) is 18.1 Å². The van der Waals surface area contributed by atoms with Crippen LogP contribution >= 0.6 is 0 Å². The van der Waals surface area contributed by atoms with Gasteiger partial charge >= 0.3 is 0 Å². The number of aliphatic hydroxyl groups excluding tert-OH is 1. The predicted molar refractivity (Wildman–Crippen MR) is 71.1 cm³/mol. The van der Waals surface area contributed by atoms with Gasteiger partial charge in [-0.05, 0) is 18.4 Å². The quantitative estimate of drug-likeness (QED) is 0.834. The first kappa shape index (κ1) is 13.1. The number of hydrogen-bond acceptors (Lipinski definition) is 3. The van der Waals surface area contributed by atoms with Gasteiger partial charge in [-0.25, -0.2) is 0 Å². The Morgan fingerprint density at radius 1 is 1.28 bits per heavy atom. The summed E-state index contributed by atoms with van der Waals surface area (Å²) in [7, 11) is 0. The summed E-state index contributed by atoms with van der Waals surface area (Å²) in [6, 6.07) is 12.2. The van der Waals surface area contributed by atoms with Crippen LogP contribution in [0.5, 0.6) is 0 Å². The van der Waals surface area contributed by atoms with Crippen LogP contribution < -0.4 is 5.32 Å². The van der Waals surface area contributed by atoms with Gasteiger partial charge in [-0.15, -0.1) is 0 Å². The number of nitriles is 1. The van der Waals surface area contributed by atoms with E-state index < -0.39 is 0 Å². The van der Waals surface area contributed by atoms with Crippen LogP contribution in [0.4, 0.5) is 0 Å². The van der Waals surface area contributed by atoms with Crippen molar-refractivity contribution in [1.29, 1.82) is 5.26 Å². The molecular formula is C15H20N2O. The SMILES string of the molecule is N#CC(CNC1(CO)CCCC1)c1ccccc1. The van der Waals surface area contributed by atoms with Gasteiger partial charge in [-0.2, -0.15) is 5.26 Å². The summed E-state index contributed by atoms with van der Waals surface area (Å²) in [6.07, 6.45) is 4.35. The molecule has 1 fully saturated rings. The molecule has 0 saturated heterocycles. The highest BCUT2D eigenvalue weighted by molar-refractivity contribution is 5.25. The summed E-state index contributed by atoms with van der Waals surface area (Å²) in [5.74, 6) is -0.143. The molecule has 1 aliphatic rings. The summed E-state index contributed by atoms with van der Waals surface area (Å²) >= 11 is 0. The molecule has 18 heavy (non-hydrogen) atoms. The molecule has 0 aliphatic heterocycles. The Morgan fingerprint density at radius 3 is 2.50 bits per heavy atom. The van der Waals surface area contributed by atoms with Crippen LogP contribution in [0.1, 0.15) is 37.2 Å². The van der Waals surface area contributed by atoms with E-state index in [0.717, 1.165) is 31.2 Å². The Labute approximate surface area is 108 Å². The summed E-state index contributed by atoms with van der Waals surface area (Å²) in [5.41, 5.74) is 0.891. The van der Waals surface area contributed by atoms with E-state index in [4.69, 9.17) is 0 Å². The molecule has 0 heterocycles. The molecule has 0 aromatic heterocycles. The van der Waals surface area contributed by atoms with Crippen molar-refractivity contribution in [2.75, 3.05) is 13.2 Å². The standard InChI is InChI=1S/C15H20N2O/c16-10-14(13-6-2-1-3-7-13)11-17-15(12-18)8-4-5-9-15/h1-3,6-7,14,17-18H,4-5,8-9,11-12H2. The molecular weight excluding hydrogens is 224 g/mol. The Balaban J connectivity index is 1.98. The number of nitrogens with zero attached hydrogens (tertiary/aromatic N) is 1. The van der Waals surface area contributed by atoms with Gasteiger partial charge in [0.25, 0.3) is 0 Å². The van der Waals surface area contributed by atoms with Crippen LogP contribution in [-0.4, -0.2) is 23.8 Å². The van der Waals surface area contributed by atoms with Crippen molar-refractivity contribution in [3.05, 3.63) is 35.9 Å². The first-order chi connectivity index (χ1) is 8.79. The summed E-state index contributed by atoms with van der Waals surface area (Å²) in [5, 5.41) is 22.2. The van der Waals surface area contributed by atoms with E-state index >= 15 is 0 Å². The minimum Gasteiger partial charge on any atom is -0.394 e. The lowest BCUT2D eigenvalue weighted by Gasteiger charge is -2.29. The van der Waals surface area contributed by atoms with Crippen LogP contribution in [0.2, 0.25) is 0 Å². The molecule has 96 valence electrons. The van der Waals surface area contributed by atoms with Crippen molar-refractivity contribution in [2.24, 2.45) is 0 Å². The Kier molecular flexibility index (Phi) is 4.35. The molecule has 1 unspecified atom stereocenters. The second kappa shape index (κ2) is 5.99. The molecule has 0 amide bonds. The zero-order chi connectivity index (χ0) is 12.8. The monoisotopic (exact) mass is 244 g/mol. The smallest absolute Gasteiger partial charge is 0.0837 e. The maximum Gasteiger partial charge on any atom is 0.0837 e. The van der Waals surface area contributed by atoms with Crippen LogP contribution in [0, 0.1) is 11.3 Å². The van der Waals surface area contributed by atoms with Gasteiger partial charge in [0.2, 0.25) is 0 Å². The largest absolute Gasteiger partial charge is 0.394 e. The van der Waals surface area contributed by atoms with Crippen molar-refractivity contribution in [3.63, 3.8) is 0 Å². The molecule has 1 saturated carbocycles. The molecule has 2 rings (SSSR count). The van der Waals surface area contributed by atoms with Gasteiger partial charge in [-0.1, -0.05) is 43.2 Å². The molecule has 3 heteroatoms. The molecule has 3 nitrogen and oxygen atoms in total. The zero-order valence-electron chi connectivity index (χ0n) is 10.6. The average molecular weight is 244 g/mol. The molecule has 1 aromatic rings. The van der Waals surface area contributed by atoms with Crippen molar-refractivity contribution >= 4 is 0 Å². The Morgan fingerprint density at radius 2 is 1.94 bits per heavy atom. The Bertz CT molecular complexity index is 404. The van der Waals surface area contributed by atoms with Crippen molar-refractivity contribution in [2.45, 2.75) is 37.1 Å². The van der Waals surface area contributed by atoms with Gasteiger partial charge in [0.15, 0.2) is 0 Å². The van der Waals surface area contributed by atoms with E-state index in [2.05, 4.69) is 11.4 Å². The highest BCUT2D eigenvalue weighted by Crippen LogP contribution is 2.29. The molecule has 2 N–H and O–H groups in total. The van der Waals surface area contributed by atoms with Gasteiger partial charge in [-0.3, -0.25) is 0 Å². The summed E-state index contributed by atoms with van der Waals surface area (Å²) in [4.78, 5) is 0. The van der Waals surface area contributed by atoms with Gasteiger partial charge < -0.3 is 10.4 Å². The van der Waals surface area contributed by atoms with Gasteiger partial charge in [0, 0.05) is 12.1 Å². The highest BCUT2D eigenvalue weighted by Gasteiger charge is 2.33. The molecule has 0 spiro atoms. The number of rotatable bonds is 5. The second-order valence-electron chi connectivity index (χ2n) is 5.12. The first-order valence-corrected chi connectivity index (χ1v) is 6.60. The third-order valence-corrected chi connectivity index (χ3v) is 3.90. The summed E-state index contributed by atoms with van der Waals surface area (Å²) in [6.45, 7) is 0.779. The van der Waals surface area contributed by atoms with Crippen LogP contribution in [0.3, 0.4) is 0 Å². The zero-order valence-corrected chi connectivity index (χ0v) is 10.6. The maximum absolute atomic E-state index is 9.53. The minimum atomic E-state index is -0.149. The van der Waals surface area contributed by atoms with Crippen LogP contribution in [-0.2, 0) is 0 Å². The number of aliphatic hydroxyl groups is 1. The third kappa shape index (κ3) is 2.90. The van der Waals surface area contributed by atoms with E-state index in [1.807, 2.05) is 30.3 Å². The minimum absolute atomic E-state index is 0.143. The highest BCUT2D eigenvalue weighted by atomic mass is 16.3. The maximum atomic E-state index is 9.53. The van der Waals surface area contributed by atoms with E-state index in [0.29, 0.717) is 6.54 Å². The normalized spacial score (nSPS) is 19.3. The van der Waals surface area contributed by atoms with Crippen molar-refractivity contribution in [3.8, 4) is 6.07 Å². The fraction of sp³-hybridized carbons (Fsp3) is 0.533. The lowest BCUT2D eigenvalue weighted by molar-refractivity contribution is 0.164. The lowest BCUT2D eigenvalue weighted by Crippen LogP contribution is -2.47. The predicted octanol–water partition coefficient (Wildman–Crippen LogP) is 2.19. The van der Waals surface area contributed by atoms with E-state index in [1.165, 1.54) is 0 Å². The Hall–Kier alpha value is -1.37. The number of nitrogens with one attached hydrogen (secondary N) is 1. The molecule has 0 radical (unpaired) electrons. The third-order valence-electron chi connectivity index (χ3n) is 3.90. The molecule has 1 atom stereocenters. The molecule has 1 aliphatic carbocycles. The van der Waals surface area contributed by atoms with E-state index in [1.54, 1.807) is 0 Å².